The molecule has 3 aromatic rings. The van der Waals surface area contributed by atoms with Gasteiger partial charge in [-0.15, -0.1) is 0 Å². The molecular formula is C21H22F2N4OS. The number of fused-ring (bicyclic) bond motifs is 1. The molecule has 29 heavy (non-hydrogen) atoms. The van der Waals surface area contributed by atoms with E-state index in [2.05, 4.69) is 10.3 Å². The van der Waals surface area contributed by atoms with E-state index in [1.54, 1.807) is 12.3 Å². The predicted octanol–water partition coefficient (Wildman–Crippen LogP) is 3.93. The summed E-state index contributed by atoms with van der Waals surface area (Å²) in [6.45, 7) is 0.453. The molecule has 2 N–H and O–H groups in total. The third kappa shape index (κ3) is 3.82. The Morgan fingerprint density at radius 3 is 2.69 bits per heavy atom. The highest BCUT2D eigenvalue weighted by Gasteiger charge is 2.31. The van der Waals surface area contributed by atoms with Crippen LogP contribution in [0.25, 0.3) is 0 Å². The van der Waals surface area contributed by atoms with Crippen LogP contribution in [0.3, 0.4) is 0 Å². The molecule has 1 unspecified atom stereocenters. The van der Waals surface area contributed by atoms with Crippen LogP contribution < -0.4 is 5.32 Å². The molecule has 0 saturated carbocycles. The van der Waals surface area contributed by atoms with Crippen molar-refractivity contribution < 1.29 is 13.9 Å². The van der Waals surface area contributed by atoms with Crippen molar-refractivity contribution in [1.29, 1.82) is 0 Å². The Hall–Kier alpha value is -2.58. The van der Waals surface area contributed by atoms with Crippen LogP contribution in [0.1, 0.15) is 29.3 Å². The molecule has 0 radical (unpaired) electrons. The molecule has 0 fully saturated rings. The SMILES string of the molecule is Cn1c(CCC(O)Nc2ccccn2)c2n(c1=S)C[C@@H](c1c(F)cccc1F)C2. The van der Waals surface area contributed by atoms with E-state index >= 15 is 0 Å². The van der Waals surface area contributed by atoms with E-state index in [0.29, 0.717) is 36.4 Å². The van der Waals surface area contributed by atoms with Gasteiger partial charge in [-0.3, -0.25) is 0 Å². The first kappa shape index (κ1) is 19.7. The summed E-state index contributed by atoms with van der Waals surface area (Å²) < 4.78 is 33.0. The fourth-order valence-corrected chi connectivity index (χ4v) is 4.36. The summed E-state index contributed by atoms with van der Waals surface area (Å²) in [4.78, 5) is 4.15. The van der Waals surface area contributed by atoms with Crippen LogP contribution in [0, 0.1) is 16.4 Å². The number of rotatable bonds is 6. The fraction of sp³-hybridized carbons (Fsp3) is 0.333. The number of imidazole rings is 1. The summed E-state index contributed by atoms with van der Waals surface area (Å²) in [5.74, 6) is -0.727. The maximum atomic E-state index is 14.2. The maximum Gasteiger partial charge on any atom is 0.179 e. The Labute approximate surface area is 172 Å². The normalized spacial score (nSPS) is 16.6. The average molecular weight is 416 g/mol. The van der Waals surface area contributed by atoms with Crippen LogP contribution in [0.2, 0.25) is 0 Å². The molecule has 8 heteroatoms. The number of pyridine rings is 1. The van der Waals surface area contributed by atoms with Crippen molar-refractivity contribution in [3.63, 3.8) is 0 Å². The van der Waals surface area contributed by atoms with Crippen molar-refractivity contribution in [1.82, 2.24) is 14.1 Å². The van der Waals surface area contributed by atoms with Crippen LogP contribution >= 0.6 is 12.2 Å². The molecular weight excluding hydrogens is 394 g/mol. The number of hydrogen-bond donors (Lipinski definition) is 2. The molecule has 4 rings (SSSR count). The Bertz CT molecular complexity index is 1060. The first-order valence-corrected chi connectivity index (χ1v) is 9.93. The van der Waals surface area contributed by atoms with E-state index in [1.165, 1.54) is 18.2 Å². The van der Waals surface area contributed by atoms with Crippen LogP contribution in [-0.4, -0.2) is 25.5 Å². The van der Waals surface area contributed by atoms with Crippen molar-refractivity contribution in [3.05, 3.63) is 76.0 Å². The first-order valence-electron chi connectivity index (χ1n) is 9.52. The third-order valence-electron chi connectivity index (χ3n) is 5.47. The minimum absolute atomic E-state index is 0.121. The van der Waals surface area contributed by atoms with Crippen molar-refractivity contribution in [3.8, 4) is 0 Å². The molecule has 152 valence electrons. The Morgan fingerprint density at radius 2 is 2.00 bits per heavy atom. The molecule has 1 aliphatic heterocycles. The molecule has 2 atom stereocenters. The van der Waals surface area contributed by atoms with Crippen LogP contribution in [0.5, 0.6) is 0 Å². The number of halogens is 2. The number of nitrogens with one attached hydrogen (secondary N) is 1. The Morgan fingerprint density at radius 1 is 1.24 bits per heavy atom. The smallest absolute Gasteiger partial charge is 0.179 e. The number of nitrogens with zero attached hydrogens (tertiary/aromatic N) is 3. The second-order valence-corrected chi connectivity index (χ2v) is 7.66. The van der Waals surface area contributed by atoms with Gasteiger partial charge in [-0.05, 0) is 55.7 Å². The van der Waals surface area contributed by atoms with Gasteiger partial charge < -0.3 is 19.6 Å². The second-order valence-electron chi connectivity index (χ2n) is 7.30. The lowest BCUT2D eigenvalue weighted by Crippen LogP contribution is -2.20. The number of aromatic nitrogens is 3. The lowest BCUT2D eigenvalue weighted by Gasteiger charge is -2.15. The largest absolute Gasteiger partial charge is 0.374 e. The highest BCUT2D eigenvalue weighted by Crippen LogP contribution is 2.35. The van der Waals surface area contributed by atoms with Gasteiger partial charge in [-0.2, -0.15) is 0 Å². The molecule has 1 aliphatic rings. The van der Waals surface area contributed by atoms with Crippen LogP contribution in [0.4, 0.5) is 14.6 Å². The molecule has 0 spiro atoms. The topological polar surface area (TPSA) is 55.0 Å². The van der Waals surface area contributed by atoms with E-state index in [4.69, 9.17) is 12.2 Å². The number of hydrogen-bond acceptors (Lipinski definition) is 4. The fourth-order valence-electron chi connectivity index (χ4n) is 4.07. The average Bonchev–Trinajstić information content (AvgIpc) is 3.20. The van der Waals surface area contributed by atoms with Crippen molar-refractivity contribution in [2.24, 2.45) is 7.05 Å². The van der Waals surface area contributed by atoms with Gasteiger partial charge >= 0.3 is 0 Å². The molecule has 0 saturated heterocycles. The second kappa shape index (κ2) is 8.04. The highest BCUT2D eigenvalue weighted by atomic mass is 32.1. The van der Waals surface area contributed by atoms with E-state index < -0.39 is 17.9 Å². The third-order valence-corrected chi connectivity index (χ3v) is 5.96. The van der Waals surface area contributed by atoms with E-state index in [0.717, 1.165) is 11.4 Å². The lowest BCUT2D eigenvalue weighted by molar-refractivity contribution is 0.192. The van der Waals surface area contributed by atoms with E-state index in [9.17, 15) is 13.9 Å². The lowest BCUT2D eigenvalue weighted by atomic mass is 9.95. The molecule has 1 aromatic carbocycles. The van der Waals surface area contributed by atoms with Gasteiger partial charge in [0.15, 0.2) is 4.77 Å². The monoisotopic (exact) mass is 416 g/mol. The summed E-state index contributed by atoms with van der Waals surface area (Å²) in [7, 11) is 1.89. The quantitative estimate of drug-likeness (QED) is 0.472. The van der Waals surface area contributed by atoms with Gasteiger partial charge in [0, 0.05) is 42.7 Å². The summed E-state index contributed by atoms with van der Waals surface area (Å²) in [6, 6.07) is 9.40. The molecule has 0 aliphatic carbocycles. The summed E-state index contributed by atoms with van der Waals surface area (Å²) >= 11 is 5.54. The Balaban J connectivity index is 1.51. The summed E-state index contributed by atoms with van der Waals surface area (Å²) in [6.07, 6.45) is 2.43. The summed E-state index contributed by atoms with van der Waals surface area (Å²) in [5.41, 5.74) is 2.09. The zero-order valence-electron chi connectivity index (χ0n) is 16.0. The molecule has 0 amide bonds. The number of anilines is 1. The minimum atomic E-state index is -0.768. The maximum absolute atomic E-state index is 14.2. The van der Waals surface area contributed by atoms with E-state index in [-0.39, 0.29) is 11.5 Å². The highest BCUT2D eigenvalue weighted by molar-refractivity contribution is 7.71. The van der Waals surface area contributed by atoms with Crippen LogP contribution in [-0.2, 0) is 26.4 Å². The zero-order valence-corrected chi connectivity index (χ0v) is 16.8. The summed E-state index contributed by atoms with van der Waals surface area (Å²) in [5, 5.41) is 13.3. The first-order chi connectivity index (χ1) is 14.0. The minimum Gasteiger partial charge on any atom is -0.374 e. The van der Waals surface area contributed by atoms with Gasteiger partial charge in [-0.25, -0.2) is 13.8 Å². The van der Waals surface area contributed by atoms with Gasteiger partial charge in [-0.1, -0.05) is 12.1 Å². The van der Waals surface area contributed by atoms with Crippen molar-refractivity contribution in [2.45, 2.75) is 38.0 Å². The number of aliphatic hydroxyl groups is 1. The van der Waals surface area contributed by atoms with E-state index in [1.807, 2.05) is 28.3 Å². The zero-order chi connectivity index (χ0) is 20.5. The molecule has 3 heterocycles. The Kier molecular flexibility index (Phi) is 5.47. The number of aliphatic hydroxyl groups excluding tert-OH is 1. The molecule has 5 nitrogen and oxygen atoms in total. The predicted molar refractivity (Wildman–Crippen MR) is 109 cm³/mol. The number of benzene rings is 1. The molecule has 2 aromatic heterocycles. The van der Waals surface area contributed by atoms with Crippen molar-refractivity contribution >= 4 is 18.0 Å². The van der Waals surface area contributed by atoms with Gasteiger partial charge in [0.2, 0.25) is 0 Å². The van der Waals surface area contributed by atoms with Gasteiger partial charge in [0.25, 0.3) is 0 Å². The molecule has 0 bridgehead atoms. The van der Waals surface area contributed by atoms with Crippen molar-refractivity contribution in [2.75, 3.05) is 5.32 Å². The van der Waals surface area contributed by atoms with Gasteiger partial charge in [0.1, 0.15) is 23.7 Å². The van der Waals surface area contributed by atoms with Crippen LogP contribution in [0.15, 0.2) is 42.6 Å². The van der Waals surface area contributed by atoms with Gasteiger partial charge in [0.05, 0.1) is 0 Å². The standard InChI is InChI=1S/C21H22F2N4OS/c1-26-16(8-9-19(28)25-18-7-2-3-10-24-18)17-11-13(12-27(17)21(26)29)20-14(22)5-4-6-15(20)23/h2-7,10,13,19,28H,8-9,11-12H2,1H3,(H,24,25)/t13-,19?/m0/s1.